The second-order valence-electron chi connectivity index (χ2n) is 5.81. The number of morpholine rings is 1. The normalized spacial score (nSPS) is 15.7. The number of ether oxygens (including phenoxy) is 3. The van der Waals surface area contributed by atoms with Gasteiger partial charge in [0.25, 0.3) is 0 Å². The number of aliphatic imine (C=N–C) groups is 1. The fraction of sp³-hybridized carbons (Fsp3) is 0.941. The van der Waals surface area contributed by atoms with E-state index in [0.29, 0.717) is 13.2 Å². The summed E-state index contributed by atoms with van der Waals surface area (Å²) in [5, 5.41) is 6.69. The van der Waals surface area contributed by atoms with Gasteiger partial charge in [0.2, 0.25) is 0 Å². The van der Waals surface area contributed by atoms with Crippen molar-refractivity contribution in [1.29, 1.82) is 0 Å². The number of nitrogens with zero attached hydrogens (tertiary/aromatic N) is 2. The third-order valence-corrected chi connectivity index (χ3v) is 3.79. The topological polar surface area (TPSA) is 67.4 Å². The summed E-state index contributed by atoms with van der Waals surface area (Å²) in [6, 6.07) is 0. The van der Waals surface area contributed by atoms with Crippen LogP contribution in [0, 0.1) is 0 Å². The zero-order chi connectivity index (χ0) is 17.3. The maximum Gasteiger partial charge on any atom is 0.191 e. The fourth-order valence-electron chi connectivity index (χ4n) is 2.44. The summed E-state index contributed by atoms with van der Waals surface area (Å²) in [6.07, 6.45) is 3.29. The van der Waals surface area contributed by atoms with E-state index in [4.69, 9.17) is 14.2 Å². The minimum absolute atomic E-state index is 0. The first-order chi connectivity index (χ1) is 11.9. The van der Waals surface area contributed by atoms with E-state index < -0.39 is 0 Å². The monoisotopic (exact) mass is 472 g/mol. The highest BCUT2D eigenvalue weighted by atomic mass is 127. The van der Waals surface area contributed by atoms with Crippen LogP contribution in [0.4, 0.5) is 0 Å². The molecule has 0 aromatic carbocycles. The maximum atomic E-state index is 5.44. The van der Waals surface area contributed by atoms with Crippen LogP contribution in [0.3, 0.4) is 0 Å². The van der Waals surface area contributed by atoms with Crippen molar-refractivity contribution in [1.82, 2.24) is 15.5 Å². The number of unbranched alkanes of at least 4 members (excludes halogenated alkanes) is 1. The number of hydrogen-bond acceptors (Lipinski definition) is 5. The molecule has 0 amide bonds. The van der Waals surface area contributed by atoms with Gasteiger partial charge in [-0.2, -0.15) is 0 Å². The molecule has 0 radical (unpaired) electrons. The van der Waals surface area contributed by atoms with Gasteiger partial charge in [0.1, 0.15) is 0 Å². The number of nitrogens with one attached hydrogen (secondary N) is 2. The molecule has 0 aromatic rings. The molecule has 25 heavy (non-hydrogen) atoms. The van der Waals surface area contributed by atoms with Gasteiger partial charge in [-0.1, -0.05) is 0 Å². The molecule has 1 heterocycles. The van der Waals surface area contributed by atoms with Crippen LogP contribution in [-0.4, -0.2) is 90.3 Å². The molecule has 1 aliphatic rings. The van der Waals surface area contributed by atoms with Crippen molar-refractivity contribution in [3.63, 3.8) is 0 Å². The molecular weight excluding hydrogens is 435 g/mol. The van der Waals surface area contributed by atoms with E-state index in [1.807, 2.05) is 0 Å². The number of guanidine groups is 1. The molecule has 1 saturated heterocycles. The van der Waals surface area contributed by atoms with Crippen molar-refractivity contribution in [2.75, 3.05) is 79.4 Å². The Labute approximate surface area is 170 Å². The number of rotatable bonds is 13. The summed E-state index contributed by atoms with van der Waals surface area (Å²) in [7, 11) is 1.68. The van der Waals surface area contributed by atoms with E-state index in [1.54, 1.807) is 7.11 Å². The maximum absolute atomic E-state index is 5.44. The van der Waals surface area contributed by atoms with Crippen molar-refractivity contribution in [3.05, 3.63) is 0 Å². The Kier molecular flexibility index (Phi) is 18.5. The average molecular weight is 472 g/mol. The van der Waals surface area contributed by atoms with Gasteiger partial charge in [-0.3, -0.25) is 9.89 Å². The van der Waals surface area contributed by atoms with E-state index in [9.17, 15) is 0 Å². The molecule has 2 N–H and O–H groups in total. The van der Waals surface area contributed by atoms with Crippen molar-refractivity contribution in [2.45, 2.75) is 26.2 Å². The Morgan fingerprint density at radius 1 is 1.08 bits per heavy atom. The molecule has 0 aliphatic carbocycles. The van der Waals surface area contributed by atoms with Crippen LogP contribution >= 0.6 is 24.0 Å². The first-order valence-corrected chi connectivity index (χ1v) is 9.25. The predicted molar refractivity (Wildman–Crippen MR) is 113 cm³/mol. The lowest BCUT2D eigenvalue weighted by Crippen LogP contribution is -2.39. The Hall–Kier alpha value is -0.160. The molecule has 0 spiro atoms. The van der Waals surface area contributed by atoms with Gasteiger partial charge in [0.05, 0.1) is 26.4 Å². The summed E-state index contributed by atoms with van der Waals surface area (Å²) in [4.78, 5) is 7.05. The van der Waals surface area contributed by atoms with E-state index >= 15 is 0 Å². The molecule has 0 bridgehead atoms. The van der Waals surface area contributed by atoms with E-state index in [0.717, 1.165) is 77.9 Å². The summed E-state index contributed by atoms with van der Waals surface area (Å²) in [5.41, 5.74) is 0. The lowest BCUT2D eigenvalue weighted by molar-refractivity contribution is 0.0372. The highest BCUT2D eigenvalue weighted by Gasteiger charge is 2.08. The van der Waals surface area contributed by atoms with Gasteiger partial charge < -0.3 is 24.8 Å². The van der Waals surface area contributed by atoms with Gasteiger partial charge in [0.15, 0.2) is 5.96 Å². The van der Waals surface area contributed by atoms with E-state index in [-0.39, 0.29) is 24.0 Å². The van der Waals surface area contributed by atoms with Crippen molar-refractivity contribution >= 4 is 29.9 Å². The van der Waals surface area contributed by atoms with Crippen LogP contribution in [0.15, 0.2) is 4.99 Å². The standard InChI is InChI=1S/C17H36N4O3.HI/c1-3-18-17(20-8-6-12-23-16-15-22-2)19-7-4-5-9-21-10-13-24-14-11-21;/h3-16H2,1-2H3,(H2,18,19,20);1H. The highest BCUT2D eigenvalue weighted by Crippen LogP contribution is 1.99. The van der Waals surface area contributed by atoms with Crippen molar-refractivity contribution < 1.29 is 14.2 Å². The molecule has 0 saturated carbocycles. The molecule has 1 rings (SSSR count). The van der Waals surface area contributed by atoms with Crippen LogP contribution in [-0.2, 0) is 14.2 Å². The fourth-order valence-corrected chi connectivity index (χ4v) is 2.44. The zero-order valence-corrected chi connectivity index (χ0v) is 18.3. The molecule has 1 fully saturated rings. The van der Waals surface area contributed by atoms with Crippen LogP contribution < -0.4 is 10.6 Å². The molecule has 8 heteroatoms. The first kappa shape index (κ1) is 24.8. The molecule has 7 nitrogen and oxygen atoms in total. The first-order valence-electron chi connectivity index (χ1n) is 9.25. The second-order valence-corrected chi connectivity index (χ2v) is 5.81. The highest BCUT2D eigenvalue weighted by molar-refractivity contribution is 14.0. The van der Waals surface area contributed by atoms with E-state index in [1.165, 1.54) is 6.42 Å². The van der Waals surface area contributed by atoms with Gasteiger partial charge >= 0.3 is 0 Å². The Balaban J connectivity index is 0.00000576. The largest absolute Gasteiger partial charge is 0.382 e. The summed E-state index contributed by atoms with van der Waals surface area (Å²) < 4.78 is 15.7. The van der Waals surface area contributed by atoms with Crippen molar-refractivity contribution in [2.24, 2.45) is 4.99 Å². The minimum atomic E-state index is 0. The Morgan fingerprint density at radius 3 is 2.60 bits per heavy atom. The minimum Gasteiger partial charge on any atom is -0.382 e. The second kappa shape index (κ2) is 18.6. The number of methoxy groups -OCH3 is 1. The molecule has 150 valence electrons. The lowest BCUT2D eigenvalue weighted by atomic mass is 10.3. The quantitative estimate of drug-likeness (QED) is 0.183. The molecule has 0 unspecified atom stereocenters. The van der Waals surface area contributed by atoms with Crippen LogP contribution in [0.25, 0.3) is 0 Å². The van der Waals surface area contributed by atoms with E-state index in [2.05, 4.69) is 27.4 Å². The summed E-state index contributed by atoms with van der Waals surface area (Å²) in [6.45, 7) is 11.8. The smallest absolute Gasteiger partial charge is 0.191 e. The van der Waals surface area contributed by atoms with Gasteiger partial charge in [-0.15, -0.1) is 24.0 Å². The SMILES string of the molecule is CCNC(=NCCCOCCOC)NCCCCN1CCOCC1.I. The molecule has 1 aliphatic heterocycles. The molecular formula is C17H37IN4O3. The zero-order valence-electron chi connectivity index (χ0n) is 15.9. The Bertz CT molecular complexity index is 316. The van der Waals surface area contributed by atoms with Crippen LogP contribution in [0.1, 0.15) is 26.2 Å². The number of halogens is 1. The third kappa shape index (κ3) is 14.7. The van der Waals surface area contributed by atoms with Crippen molar-refractivity contribution in [3.8, 4) is 0 Å². The predicted octanol–water partition coefficient (Wildman–Crippen LogP) is 1.33. The average Bonchev–Trinajstić information content (AvgIpc) is 2.61. The third-order valence-electron chi connectivity index (χ3n) is 3.79. The van der Waals surface area contributed by atoms with Crippen LogP contribution in [0.2, 0.25) is 0 Å². The van der Waals surface area contributed by atoms with Gasteiger partial charge in [-0.05, 0) is 32.7 Å². The summed E-state index contributed by atoms with van der Waals surface area (Å²) in [5.74, 6) is 0.903. The van der Waals surface area contributed by atoms with Crippen LogP contribution in [0.5, 0.6) is 0 Å². The molecule has 0 aromatic heterocycles. The van der Waals surface area contributed by atoms with Gasteiger partial charge in [-0.25, -0.2) is 0 Å². The summed E-state index contributed by atoms with van der Waals surface area (Å²) >= 11 is 0. The Morgan fingerprint density at radius 2 is 1.88 bits per heavy atom. The molecule has 0 atom stereocenters. The lowest BCUT2D eigenvalue weighted by Gasteiger charge is -2.26. The van der Waals surface area contributed by atoms with Gasteiger partial charge in [0, 0.05) is 46.4 Å². The number of hydrogen-bond donors (Lipinski definition) is 2.